The van der Waals surface area contributed by atoms with Gasteiger partial charge in [0.15, 0.2) is 12.4 Å². The fourth-order valence-corrected chi connectivity index (χ4v) is 4.02. The number of hydrogen-bond acceptors (Lipinski definition) is 5. The number of nitrogens with zero attached hydrogens (tertiary/aromatic N) is 2. The van der Waals surface area contributed by atoms with E-state index in [2.05, 4.69) is 33.0 Å². The second-order valence-electron chi connectivity index (χ2n) is 7.67. The molecule has 4 rings (SSSR count). The number of amides is 1. The minimum atomic E-state index is -0.688. The van der Waals surface area contributed by atoms with E-state index in [0.717, 1.165) is 10.2 Å². The third kappa shape index (κ3) is 5.49. The molecule has 0 bridgehead atoms. The van der Waals surface area contributed by atoms with Crippen molar-refractivity contribution < 1.29 is 19.1 Å². The largest absolute Gasteiger partial charge is 0.454 e. The highest BCUT2D eigenvalue weighted by Crippen LogP contribution is 2.19. The van der Waals surface area contributed by atoms with Gasteiger partial charge < -0.3 is 14.5 Å². The highest BCUT2D eigenvalue weighted by Gasteiger charge is 2.26. The van der Waals surface area contributed by atoms with Crippen LogP contribution in [0.3, 0.4) is 0 Å². The van der Waals surface area contributed by atoms with E-state index >= 15 is 0 Å². The van der Waals surface area contributed by atoms with E-state index in [-0.39, 0.29) is 22.8 Å². The lowest BCUT2D eigenvalue weighted by Gasteiger charge is -2.36. The first-order valence-electron chi connectivity index (χ1n) is 10.7. The molecule has 0 saturated carbocycles. The SMILES string of the molecule is O=C(COC(=O)c1ccccc1C(=O)N1CCN(c2ccccc2)CC1)c1ccc(Br)cc1. The van der Waals surface area contributed by atoms with Crippen molar-refractivity contribution in [1.29, 1.82) is 0 Å². The van der Waals surface area contributed by atoms with Crippen LogP contribution in [0.15, 0.2) is 83.3 Å². The lowest BCUT2D eigenvalue weighted by Crippen LogP contribution is -2.49. The summed E-state index contributed by atoms with van der Waals surface area (Å²) in [5, 5.41) is 0. The summed E-state index contributed by atoms with van der Waals surface area (Å²) < 4.78 is 6.10. The van der Waals surface area contributed by atoms with Crippen LogP contribution in [0.2, 0.25) is 0 Å². The first kappa shape index (κ1) is 22.7. The molecule has 0 aromatic heterocycles. The summed E-state index contributed by atoms with van der Waals surface area (Å²) in [6.45, 7) is 2.14. The topological polar surface area (TPSA) is 66.9 Å². The van der Waals surface area contributed by atoms with E-state index in [1.54, 1.807) is 53.4 Å². The van der Waals surface area contributed by atoms with E-state index in [1.165, 1.54) is 0 Å². The molecule has 1 amide bonds. The normalized spacial score (nSPS) is 13.5. The molecule has 6 nitrogen and oxygen atoms in total. The van der Waals surface area contributed by atoms with Crippen LogP contribution < -0.4 is 4.90 Å². The van der Waals surface area contributed by atoms with E-state index in [1.807, 2.05) is 18.2 Å². The zero-order chi connectivity index (χ0) is 23.2. The molecule has 168 valence electrons. The van der Waals surface area contributed by atoms with Crippen LogP contribution in [0.5, 0.6) is 0 Å². The fourth-order valence-electron chi connectivity index (χ4n) is 3.75. The van der Waals surface area contributed by atoms with Gasteiger partial charge in [-0.15, -0.1) is 0 Å². The Morgan fingerprint density at radius 3 is 2.03 bits per heavy atom. The fraction of sp³-hybridized carbons (Fsp3) is 0.192. The van der Waals surface area contributed by atoms with Crippen LogP contribution in [0.4, 0.5) is 5.69 Å². The quantitative estimate of drug-likeness (QED) is 0.365. The predicted molar refractivity (Wildman–Crippen MR) is 130 cm³/mol. The Labute approximate surface area is 200 Å². The van der Waals surface area contributed by atoms with Gasteiger partial charge in [-0.1, -0.05) is 58.4 Å². The number of ether oxygens (including phenoxy) is 1. The minimum absolute atomic E-state index is 0.164. The zero-order valence-corrected chi connectivity index (χ0v) is 19.5. The van der Waals surface area contributed by atoms with E-state index in [4.69, 9.17) is 4.74 Å². The summed E-state index contributed by atoms with van der Waals surface area (Å²) in [6, 6.07) is 23.5. The van der Waals surface area contributed by atoms with Crippen LogP contribution >= 0.6 is 15.9 Å². The molecule has 0 spiro atoms. The lowest BCUT2D eigenvalue weighted by atomic mass is 10.1. The van der Waals surface area contributed by atoms with Crippen molar-refractivity contribution in [2.75, 3.05) is 37.7 Å². The molecule has 3 aromatic carbocycles. The van der Waals surface area contributed by atoms with Crippen LogP contribution in [0, 0.1) is 0 Å². The maximum Gasteiger partial charge on any atom is 0.339 e. The molecule has 33 heavy (non-hydrogen) atoms. The number of ketones is 1. The van der Waals surface area contributed by atoms with Gasteiger partial charge >= 0.3 is 5.97 Å². The number of piperazine rings is 1. The first-order chi connectivity index (χ1) is 16.0. The van der Waals surface area contributed by atoms with Crippen LogP contribution in [0.1, 0.15) is 31.1 Å². The summed E-state index contributed by atoms with van der Waals surface area (Å²) >= 11 is 3.32. The van der Waals surface area contributed by atoms with Crippen molar-refractivity contribution >= 4 is 39.3 Å². The second kappa shape index (κ2) is 10.4. The summed E-state index contributed by atoms with van der Waals surface area (Å²) in [6.07, 6.45) is 0. The molecule has 1 aliphatic heterocycles. The van der Waals surface area contributed by atoms with Crippen molar-refractivity contribution in [2.24, 2.45) is 0 Å². The second-order valence-corrected chi connectivity index (χ2v) is 8.58. The third-order valence-corrected chi connectivity index (χ3v) is 6.09. The standard InChI is InChI=1S/C26H23BrN2O4/c27-20-12-10-19(11-13-20)24(30)18-33-26(32)23-9-5-4-8-22(23)25(31)29-16-14-28(15-17-29)21-6-2-1-3-7-21/h1-13H,14-18H2. The summed E-state index contributed by atoms with van der Waals surface area (Å²) in [5.74, 6) is -1.21. The van der Waals surface area contributed by atoms with Gasteiger partial charge in [-0.3, -0.25) is 9.59 Å². The number of carbonyl (C=O) groups excluding carboxylic acids is 3. The third-order valence-electron chi connectivity index (χ3n) is 5.57. The van der Waals surface area contributed by atoms with E-state index < -0.39 is 12.6 Å². The Balaban J connectivity index is 1.39. The van der Waals surface area contributed by atoms with E-state index in [9.17, 15) is 14.4 Å². The molecule has 1 aliphatic rings. The van der Waals surface area contributed by atoms with Gasteiger partial charge in [0, 0.05) is 41.9 Å². The number of para-hydroxylation sites is 1. The Morgan fingerprint density at radius 1 is 0.758 bits per heavy atom. The molecule has 0 N–H and O–H groups in total. The van der Waals surface area contributed by atoms with Crippen LogP contribution in [-0.4, -0.2) is 55.3 Å². The highest BCUT2D eigenvalue weighted by molar-refractivity contribution is 9.10. The molecule has 1 heterocycles. The number of anilines is 1. The van der Waals surface area contributed by atoms with Crippen molar-refractivity contribution in [2.45, 2.75) is 0 Å². The van der Waals surface area contributed by atoms with Gasteiger partial charge in [-0.05, 0) is 36.4 Å². The number of halogens is 1. The van der Waals surface area contributed by atoms with Crippen LogP contribution in [0.25, 0.3) is 0 Å². The monoisotopic (exact) mass is 506 g/mol. The maximum absolute atomic E-state index is 13.2. The number of hydrogen-bond donors (Lipinski definition) is 0. The number of benzene rings is 3. The number of carbonyl (C=O) groups is 3. The zero-order valence-electron chi connectivity index (χ0n) is 17.9. The Kier molecular flexibility index (Phi) is 7.19. The lowest BCUT2D eigenvalue weighted by molar-refractivity contribution is 0.0470. The van der Waals surface area contributed by atoms with Crippen molar-refractivity contribution in [3.63, 3.8) is 0 Å². The molecule has 0 unspecified atom stereocenters. The predicted octanol–water partition coefficient (Wildman–Crippen LogP) is 4.45. The first-order valence-corrected chi connectivity index (χ1v) is 11.5. The molecule has 0 aliphatic carbocycles. The van der Waals surface area contributed by atoms with Crippen molar-refractivity contribution in [3.05, 3.63) is 100 Å². The average molecular weight is 507 g/mol. The van der Waals surface area contributed by atoms with Crippen LogP contribution in [-0.2, 0) is 4.74 Å². The Morgan fingerprint density at radius 2 is 1.36 bits per heavy atom. The Hall–Kier alpha value is -3.45. The van der Waals surface area contributed by atoms with Gasteiger partial charge in [0.25, 0.3) is 5.91 Å². The smallest absolute Gasteiger partial charge is 0.339 e. The van der Waals surface area contributed by atoms with E-state index in [0.29, 0.717) is 31.7 Å². The molecular formula is C26H23BrN2O4. The maximum atomic E-state index is 13.2. The van der Waals surface area contributed by atoms with Crippen molar-refractivity contribution in [3.8, 4) is 0 Å². The average Bonchev–Trinajstić information content (AvgIpc) is 2.87. The molecule has 1 saturated heterocycles. The molecule has 3 aromatic rings. The number of Topliss-reactive ketones (excluding diaryl/α,β-unsaturated/α-hetero) is 1. The van der Waals surface area contributed by atoms with Gasteiger partial charge in [-0.25, -0.2) is 4.79 Å². The van der Waals surface area contributed by atoms with Gasteiger partial charge in [-0.2, -0.15) is 0 Å². The molecule has 7 heteroatoms. The van der Waals surface area contributed by atoms with Gasteiger partial charge in [0.05, 0.1) is 11.1 Å². The van der Waals surface area contributed by atoms with Gasteiger partial charge in [0.2, 0.25) is 0 Å². The Bertz CT molecular complexity index is 1140. The molecule has 1 fully saturated rings. The van der Waals surface area contributed by atoms with Crippen molar-refractivity contribution in [1.82, 2.24) is 4.90 Å². The summed E-state index contributed by atoms with van der Waals surface area (Å²) in [4.78, 5) is 42.2. The minimum Gasteiger partial charge on any atom is -0.454 e. The molecule has 0 atom stereocenters. The summed E-state index contributed by atoms with van der Waals surface area (Å²) in [7, 11) is 0. The molecule has 0 radical (unpaired) electrons. The van der Waals surface area contributed by atoms with Gasteiger partial charge in [0.1, 0.15) is 0 Å². The molecular weight excluding hydrogens is 484 g/mol. The summed E-state index contributed by atoms with van der Waals surface area (Å²) in [5.41, 5.74) is 2.03. The number of rotatable bonds is 6. The highest BCUT2D eigenvalue weighted by atomic mass is 79.9. The number of esters is 1.